The number of aromatic nitrogens is 1. The van der Waals surface area contributed by atoms with E-state index in [1.807, 2.05) is 13.8 Å². The van der Waals surface area contributed by atoms with Crippen molar-refractivity contribution in [3.8, 4) is 0 Å². The van der Waals surface area contributed by atoms with Crippen molar-refractivity contribution in [2.24, 2.45) is 0 Å². The Morgan fingerprint density at radius 2 is 1.81 bits per heavy atom. The van der Waals surface area contributed by atoms with Crippen LogP contribution in [0.1, 0.15) is 34.9 Å². The quantitative estimate of drug-likeness (QED) is 0.640. The lowest BCUT2D eigenvalue weighted by atomic mass is 10.3. The molecule has 1 amide bonds. The minimum absolute atomic E-state index is 0.0413. The molecule has 118 valence electrons. The Hall–Kier alpha value is -1.93. The Morgan fingerprint density at radius 3 is 2.24 bits per heavy atom. The first-order chi connectivity index (χ1) is 10.1. The van der Waals surface area contributed by atoms with Crippen molar-refractivity contribution < 1.29 is 28.7 Å². The molecule has 0 radical (unpaired) electrons. The number of hydrogen-bond donors (Lipinski definition) is 1. The van der Waals surface area contributed by atoms with Crippen LogP contribution in [-0.4, -0.2) is 66.6 Å². The van der Waals surface area contributed by atoms with Gasteiger partial charge in [-0.15, -0.1) is 0 Å². The summed E-state index contributed by atoms with van der Waals surface area (Å²) in [7, 11) is 0. The number of carboxylic acids is 1. The molecule has 0 aliphatic heterocycles. The first-order valence-corrected chi connectivity index (χ1v) is 6.74. The fourth-order valence-electron chi connectivity index (χ4n) is 1.59. The van der Waals surface area contributed by atoms with Gasteiger partial charge in [0, 0.05) is 32.4 Å². The third-order valence-corrected chi connectivity index (χ3v) is 2.65. The molecule has 0 unspecified atom stereocenters. The molecule has 0 aliphatic rings. The average molecular weight is 300 g/mol. The second kappa shape index (κ2) is 9.09. The van der Waals surface area contributed by atoms with Gasteiger partial charge in [0.15, 0.2) is 5.69 Å². The summed E-state index contributed by atoms with van der Waals surface area (Å²) >= 11 is 0. The maximum absolute atomic E-state index is 12.3. The summed E-state index contributed by atoms with van der Waals surface area (Å²) in [6, 6.07) is 1.11. The van der Waals surface area contributed by atoms with Gasteiger partial charge in [0.2, 0.25) is 5.76 Å². The largest absolute Gasteiger partial charge is 0.475 e. The zero-order valence-electron chi connectivity index (χ0n) is 12.2. The highest BCUT2D eigenvalue weighted by Crippen LogP contribution is 2.07. The van der Waals surface area contributed by atoms with Crippen molar-refractivity contribution in [1.82, 2.24) is 10.1 Å². The van der Waals surface area contributed by atoms with E-state index in [1.54, 1.807) is 0 Å². The first-order valence-electron chi connectivity index (χ1n) is 6.74. The van der Waals surface area contributed by atoms with Gasteiger partial charge in [-0.2, -0.15) is 0 Å². The summed E-state index contributed by atoms with van der Waals surface area (Å²) in [6.07, 6.45) is 0. The second-order valence-electron chi connectivity index (χ2n) is 4.07. The molecule has 8 heteroatoms. The van der Waals surface area contributed by atoms with Crippen molar-refractivity contribution in [3.05, 3.63) is 17.5 Å². The van der Waals surface area contributed by atoms with Gasteiger partial charge in [-0.25, -0.2) is 4.79 Å². The fraction of sp³-hybridized carbons (Fsp3) is 0.615. The summed E-state index contributed by atoms with van der Waals surface area (Å²) in [5, 5.41) is 12.3. The van der Waals surface area contributed by atoms with Crippen LogP contribution in [0.2, 0.25) is 0 Å². The molecule has 0 spiro atoms. The molecule has 21 heavy (non-hydrogen) atoms. The van der Waals surface area contributed by atoms with E-state index >= 15 is 0 Å². The number of nitrogens with zero attached hydrogens (tertiary/aromatic N) is 2. The minimum atomic E-state index is -1.27. The van der Waals surface area contributed by atoms with Crippen LogP contribution in [0.3, 0.4) is 0 Å². The van der Waals surface area contributed by atoms with Gasteiger partial charge in [-0.1, -0.05) is 5.16 Å². The third kappa shape index (κ3) is 5.52. The smallest absolute Gasteiger partial charge is 0.374 e. The van der Waals surface area contributed by atoms with E-state index in [2.05, 4.69) is 9.68 Å². The second-order valence-corrected chi connectivity index (χ2v) is 4.07. The molecule has 0 saturated heterocycles. The van der Waals surface area contributed by atoms with E-state index in [0.29, 0.717) is 39.5 Å². The molecule has 1 rings (SSSR count). The van der Waals surface area contributed by atoms with E-state index in [4.69, 9.17) is 14.6 Å². The van der Waals surface area contributed by atoms with Gasteiger partial charge in [0.05, 0.1) is 13.2 Å². The fourth-order valence-corrected chi connectivity index (χ4v) is 1.59. The summed E-state index contributed by atoms with van der Waals surface area (Å²) in [6.45, 7) is 6.35. The van der Waals surface area contributed by atoms with E-state index in [9.17, 15) is 9.59 Å². The Morgan fingerprint density at radius 1 is 1.24 bits per heavy atom. The molecule has 0 fully saturated rings. The van der Waals surface area contributed by atoms with E-state index < -0.39 is 11.9 Å². The summed E-state index contributed by atoms with van der Waals surface area (Å²) in [5.41, 5.74) is -0.0413. The van der Waals surface area contributed by atoms with Crippen LogP contribution in [0, 0.1) is 0 Å². The Kier molecular flexibility index (Phi) is 7.41. The van der Waals surface area contributed by atoms with Crippen LogP contribution >= 0.6 is 0 Å². The third-order valence-electron chi connectivity index (χ3n) is 2.65. The van der Waals surface area contributed by atoms with Crippen molar-refractivity contribution in [3.63, 3.8) is 0 Å². The zero-order valence-corrected chi connectivity index (χ0v) is 12.2. The first kappa shape index (κ1) is 17.1. The number of carbonyl (C=O) groups excluding carboxylic acids is 1. The molecule has 1 N–H and O–H groups in total. The van der Waals surface area contributed by atoms with Crippen LogP contribution in [-0.2, 0) is 9.47 Å². The molecule has 8 nitrogen and oxygen atoms in total. The zero-order chi connectivity index (χ0) is 15.7. The lowest BCUT2D eigenvalue weighted by Gasteiger charge is -2.21. The highest BCUT2D eigenvalue weighted by molar-refractivity contribution is 5.94. The van der Waals surface area contributed by atoms with Gasteiger partial charge in [-0.3, -0.25) is 4.79 Å². The molecule has 1 aromatic heterocycles. The number of rotatable bonds is 10. The Labute approximate surface area is 122 Å². The monoisotopic (exact) mass is 300 g/mol. The van der Waals surface area contributed by atoms with Crippen molar-refractivity contribution in [1.29, 1.82) is 0 Å². The minimum Gasteiger partial charge on any atom is -0.475 e. The molecular weight excluding hydrogens is 280 g/mol. The van der Waals surface area contributed by atoms with Crippen molar-refractivity contribution >= 4 is 11.9 Å². The van der Waals surface area contributed by atoms with Crippen LogP contribution < -0.4 is 0 Å². The number of amides is 1. The van der Waals surface area contributed by atoms with E-state index in [0.717, 1.165) is 6.07 Å². The lowest BCUT2D eigenvalue weighted by Crippen LogP contribution is -2.37. The predicted molar refractivity (Wildman–Crippen MR) is 72.4 cm³/mol. The highest BCUT2D eigenvalue weighted by Gasteiger charge is 2.21. The standard InChI is InChI=1S/C13H20N2O6/c1-3-19-7-5-15(6-8-20-4-2)12(16)10-9-11(13(17)18)21-14-10/h9H,3-8H2,1-2H3,(H,17,18). The van der Waals surface area contributed by atoms with Gasteiger partial charge in [0.1, 0.15) is 0 Å². The topological polar surface area (TPSA) is 102 Å². The summed E-state index contributed by atoms with van der Waals surface area (Å²) in [4.78, 5) is 24.5. The van der Waals surface area contributed by atoms with Crippen molar-refractivity contribution in [2.45, 2.75) is 13.8 Å². The molecule has 0 aliphatic carbocycles. The Balaban J connectivity index is 2.69. The lowest BCUT2D eigenvalue weighted by molar-refractivity contribution is 0.0540. The van der Waals surface area contributed by atoms with Crippen LogP contribution in [0.4, 0.5) is 0 Å². The van der Waals surface area contributed by atoms with Gasteiger partial charge in [0.25, 0.3) is 5.91 Å². The predicted octanol–water partition coefficient (Wildman–Crippen LogP) is 0.888. The Bertz CT molecular complexity index is 449. The van der Waals surface area contributed by atoms with Crippen LogP contribution in [0.25, 0.3) is 0 Å². The molecule has 1 aromatic rings. The average Bonchev–Trinajstić information content (AvgIpc) is 2.95. The molecule has 0 aromatic carbocycles. The molecule has 0 atom stereocenters. The summed E-state index contributed by atoms with van der Waals surface area (Å²) < 4.78 is 15.0. The number of carbonyl (C=O) groups is 2. The highest BCUT2D eigenvalue weighted by atomic mass is 16.5. The van der Waals surface area contributed by atoms with E-state index in [1.165, 1.54) is 4.90 Å². The van der Waals surface area contributed by atoms with Crippen LogP contribution in [0.5, 0.6) is 0 Å². The molecular formula is C13H20N2O6. The number of hydrogen-bond acceptors (Lipinski definition) is 6. The van der Waals surface area contributed by atoms with E-state index in [-0.39, 0.29) is 11.5 Å². The molecule has 0 saturated carbocycles. The van der Waals surface area contributed by atoms with Crippen molar-refractivity contribution in [2.75, 3.05) is 39.5 Å². The number of ether oxygens (including phenoxy) is 2. The van der Waals surface area contributed by atoms with Gasteiger partial charge in [-0.05, 0) is 13.8 Å². The number of aromatic carboxylic acids is 1. The SMILES string of the molecule is CCOCCN(CCOCC)C(=O)c1cc(C(=O)O)on1. The molecule has 1 heterocycles. The molecule has 0 bridgehead atoms. The number of carboxylic acid groups (broad SMARTS) is 1. The maximum atomic E-state index is 12.3. The van der Waals surface area contributed by atoms with Gasteiger partial charge < -0.3 is 24.0 Å². The van der Waals surface area contributed by atoms with Gasteiger partial charge >= 0.3 is 5.97 Å². The summed E-state index contributed by atoms with van der Waals surface area (Å²) in [5.74, 6) is -2.05. The van der Waals surface area contributed by atoms with Crippen LogP contribution in [0.15, 0.2) is 10.6 Å². The maximum Gasteiger partial charge on any atom is 0.374 e. The normalized spacial score (nSPS) is 10.6.